The third-order valence-corrected chi connectivity index (χ3v) is 3.20. The average Bonchev–Trinajstić information content (AvgIpc) is 2.37. The molecule has 0 saturated heterocycles. The Labute approximate surface area is 124 Å². The molecule has 2 N–H and O–H groups in total. The Bertz CT molecular complexity index is 488. The van der Waals surface area contributed by atoms with Crippen LogP contribution < -0.4 is 5.32 Å². The van der Waals surface area contributed by atoms with Crippen LogP contribution >= 0.6 is 11.6 Å². The zero-order chi connectivity index (χ0) is 15.1. The number of carbonyl (C=O) groups is 2. The molecule has 0 aliphatic heterocycles. The Kier molecular flexibility index (Phi) is 6.52. The van der Waals surface area contributed by atoms with Gasteiger partial charge in [-0.25, -0.2) is 0 Å². The molecule has 1 unspecified atom stereocenters. The Hall–Kier alpha value is -1.55. The number of aryl methyl sites for hydroxylation is 1. The minimum atomic E-state index is -0.954. The van der Waals surface area contributed by atoms with Crippen LogP contribution in [0.4, 0.5) is 0 Å². The van der Waals surface area contributed by atoms with Crippen molar-refractivity contribution in [2.24, 2.45) is 0 Å². The molecule has 0 radical (unpaired) electrons. The van der Waals surface area contributed by atoms with Gasteiger partial charge in [0, 0.05) is 11.4 Å². The highest BCUT2D eigenvalue weighted by Gasteiger charge is 2.18. The number of carboxylic acids is 1. The fourth-order valence-corrected chi connectivity index (χ4v) is 2.27. The molecule has 0 aliphatic rings. The Morgan fingerprint density at radius 3 is 2.55 bits per heavy atom. The Balaban J connectivity index is 3.00. The molecule has 0 aromatic heterocycles. The van der Waals surface area contributed by atoms with E-state index in [4.69, 9.17) is 16.7 Å². The zero-order valence-electron chi connectivity index (χ0n) is 11.8. The quantitative estimate of drug-likeness (QED) is 0.811. The number of hydrogen-bond donors (Lipinski definition) is 2. The van der Waals surface area contributed by atoms with E-state index < -0.39 is 12.0 Å². The van der Waals surface area contributed by atoms with Crippen molar-refractivity contribution in [2.45, 2.75) is 45.6 Å². The summed E-state index contributed by atoms with van der Waals surface area (Å²) in [5.41, 5.74) is 1.76. The molecule has 1 rings (SSSR count). The van der Waals surface area contributed by atoms with Gasteiger partial charge in [-0.2, -0.15) is 0 Å². The summed E-state index contributed by atoms with van der Waals surface area (Å²) in [6.45, 7) is 3.90. The minimum Gasteiger partial charge on any atom is -0.481 e. The van der Waals surface area contributed by atoms with Crippen LogP contribution in [0, 0.1) is 0 Å². The molecule has 20 heavy (non-hydrogen) atoms. The number of carboxylic acid groups (broad SMARTS) is 1. The van der Waals surface area contributed by atoms with E-state index in [9.17, 15) is 9.59 Å². The maximum atomic E-state index is 11.7. The van der Waals surface area contributed by atoms with E-state index >= 15 is 0 Å². The maximum Gasteiger partial charge on any atom is 0.305 e. The zero-order valence-corrected chi connectivity index (χ0v) is 12.5. The van der Waals surface area contributed by atoms with Crippen LogP contribution in [0.1, 0.15) is 50.3 Å². The second-order valence-corrected chi connectivity index (χ2v) is 5.15. The first-order valence-corrected chi connectivity index (χ1v) is 7.14. The molecule has 0 aliphatic carbocycles. The van der Waals surface area contributed by atoms with Crippen LogP contribution in [0.2, 0.25) is 5.02 Å². The summed E-state index contributed by atoms with van der Waals surface area (Å²) in [6.07, 6.45) is 1.76. The van der Waals surface area contributed by atoms with Crippen LogP contribution in [0.3, 0.4) is 0 Å². The lowest BCUT2D eigenvalue weighted by Crippen LogP contribution is -2.30. The number of halogens is 1. The molecule has 1 aromatic rings. The first-order valence-electron chi connectivity index (χ1n) is 6.76. The summed E-state index contributed by atoms with van der Waals surface area (Å²) in [6, 6.07) is 4.90. The summed E-state index contributed by atoms with van der Waals surface area (Å²) in [7, 11) is 0. The van der Waals surface area contributed by atoms with Crippen molar-refractivity contribution in [1.29, 1.82) is 0 Å². The maximum absolute atomic E-state index is 11.7. The molecule has 0 saturated carbocycles. The van der Waals surface area contributed by atoms with Crippen molar-refractivity contribution in [3.63, 3.8) is 0 Å². The van der Waals surface area contributed by atoms with Gasteiger partial charge < -0.3 is 10.4 Å². The molecule has 1 amide bonds. The van der Waals surface area contributed by atoms with Gasteiger partial charge in [0.15, 0.2) is 0 Å². The first-order chi connectivity index (χ1) is 9.46. The lowest BCUT2D eigenvalue weighted by atomic mass is 10.00. The number of amides is 1. The molecule has 5 heteroatoms. The molecule has 110 valence electrons. The summed E-state index contributed by atoms with van der Waals surface area (Å²) in [5.74, 6) is -1.10. The highest BCUT2D eigenvalue weighted by atomic mass is 35.5. The van der Waals surface area contributed by atoms with E-state index in [0.29, 0.717) is 11.4 Å². The van der Waals surface area contributed by atoms with Gasteiger partial charge in [-0.3, -0.25) is 9.59 Å². The van der Waals surface area contributed by atoms with Gasteiger partial charge in [0.05, 0.1) is 12.5 Å². The van der Waals surface area contributed by atoms with E-state index in [1.807, 2.05) is 26.0 Å². The topological polar surface area (TPSA) is 66.4 Å². The number of aliphatic carboxylic acids is 1. The second-order valence-electron chi connectivity index (χ2n) is 4.71. The van der Waals surface area contributed by atoms with Gasteiger partial charge in [-0.1, -0.05) is 31.5 Å². The highest BCUT2D eigenvalue weighted by molar-refractivity contribution is 6.30. The molecule has 0 fully saturated rings. The summed E-state index contributed by atoms with van der Waals surface area (Å²) in [5, 5.41) is 12.3. The predicted octanol–water partition coefficient (Wildman–Crippen LogP) is 3.33. The number of nitrogens with one attached hydrogen (secondary N) is 1. The summed E-state index contributed by atoms with van der Waals surface area (Å²) in [4.78, 5) is 22.7. The van der Waals surface area contributed by atoms with Gasteiger partial charge >= 0.3 is 5.97 Å². The summed E-state index contributed by atoms with van der Waals surface area (Å²) >= 11 is 6.05. The van der Waals surface area contributed by atoms with Crippen molar-refractivity contribution >= 4 is 23.5 Å². The molecule has 1 aromatic carbocycles. The average molecular weight is 298 g/mol. The van der Waals surface area contributed by atoms with Crippen molar-refractivity contribution in [1.82, 2.24) is 5.32 Å². The van der Waals surface area contributed by atoms with Gasteiger partial charge in [0.25, 0.3) is 0 Å². The standard InChI is InChI=1S/C15H20ClNO3/c1-3-5-14(18)17-13(9-15(19)20)11-6-10(4-2)7-12(16)8-11/h6-8,13H,3-5,9H2,1-2H3,(H,17,18)(H,19,20). The van der Waals surface area contributed by atoms with Crippen molar-refractivity contribution in [2.75, 3.05) is 0 Å². The van der Waals surface area contributed by atoms with Gasteiger partial charge in [0.1, 0.15) is 0 Å². The van der Waals surface area contributed by atoms with E-state index in [1.165, 1.54) is 0 Å². The number of rotatable bonds is 7. The van der Waals surface area contributed by atoms with E-state index in [1.54, 1.807) is 6.07 Å². The normalized spacial score (nSPS) is 11.9. The number of benzene rings is 1. The fourth-order valence-electron chi connectivity index (χ4n) is 2.00. The predicted molar refractivity (Wildman–Crippen MR) is 78.9 cm³/mol. The first kappa shape index (κ1) is 16.5. The fraction of sp³-hybridized carbons (Fsp3) is 0.467. The van der Waals surface area contributed by atoms with Gasteiger partial charge in [0.2, 0.25) is 5.91 Å². The lowest BCUT2D eigenvalue weighted by Gasteiger charge is -2.18. The second kappa shape index (κ2) is 7.90. The largest absolute Gasteiger partial charge is 0.481 e. The van der Waals surface area contributed by atoms with E-state index in [0.717, 1.165) is 24.0 Å². The summed E-state index contributed by atoms with van der Waals surface area (Å²) < 4.78 is 0. The van der Waals surface area contributed by atoms with Crippen LogP contribution in [0.25, 0.3) is 0 Å². The van der Waals surface area contributed by atoms with Crippen LogP contribution in [-0.4, -0.2) is 17.0 Å². The van der Waals surface area contributed by atoms with E-state index in [-0.39, 0.29) is 12.3 Å². The molecule has 0 bridgehead atoms. The highest BCUT2D eigenvalue weighted by Crippen LogP contribution is 2.23. The molecular weight excluding hydrogens is 278 g/mol. The lowest BCUT2D eigenvalue weighted by molar-refractivity contribution is -0.137. The van der Waals surface area contributed by atoms with E-state index in [2.05, 4.69) is 5.32 Å². The van der Waals surface area contributed by atoms with Crippen molar-refractivity contribution < 1.29 is 14.7 Å². The Morgan fingerprint density at radius 2 is 2.00 bits per heavy atom. The number of carbonyl (C=O) groups excluding carboxylic acids is 1. The molecular formula is C15H20ClNO3. The monoisotopic (exact) mass is 297 g/mol. The third kappa shape index (κ3) is 5.21. The third-order valence-electron chi connectivity index (χ3n) is 2.98. The Morgan fingerprint density at radius 1 is 1.30 bits per heavy atom. The smallest absolute Gasteiger partial charge is 0.305 e. The minimum absolute atomic E-state index is 0.142. The molecule has 4 nitrogen and oxygen atoms in total. The molecule has 1 atom stereocenters. The van der Waals surface area contributed by atoms with Crippen molar-refractivity contribution in [3.05, 3.63) is 34.3 Å². The van der Waals surface area contributed by atoms with Gasteiger partial charge in [-0.15, -0.1) is 0 Å². The molecule has 0 spiro atoms. The van der Waals surface area contributed by atoms with Crippen LogP contribution in [0.5, 0.6) is 0 Å². The van der Waals surface area contributed by atoms with Crippen LogP contribution in [0.15, 0.2) is 18.2 Å². The van der Waals surface area contributed by atoms with Gasteiger partial charge in [-0.05, 0) is 36.1 Å². The van der Waals surface area contributed by atoms with Crippen LogP contribution in [-0.2, 0) is 16.0 Å². The number of hydrogen-bond acceptors (Lipinski definition) is 2. The molecule has 0 heterocycles. The SMILES string of the molecule is CCCC(=O)NC(CC(=O)O)c1cc(Cl)cc(CC)c1. The van der Waals surface area contributed by atoms with Crippen molar-refractivity contribution in [3.8, 4) is 0 Å².